The van der Waals surface area contributed by atoms with Gasteiger partial charge in [0, 0.05) is 19.5 Å². The summed E-state index contributed by atoms with van der Waals surface area (Å²) >= 11 is 5.05. The van der Waals surface area contributed by atoms with Crippen LogP contribution in [0.3, 0.4) is 0 Å². The number of rotatable bonds is 7. The van der Waals surface area contributed by atoms with E-state index >= 15 is 0 Å². The molecule has 6 heteroatoms. The van der Waals surface area contributed by atoms with Crippen molar-refractivity contribution in [3.05, 3.63) is 0 Å². The predicted molar refractivity (Wildman–Crippen MR) is 83.2 cm³/mol. The van der Waals surface area contributed by atoms with Crippen molar-refractivity contribution in [3.63, 3.8) is 0 Å². The van der Waals surface area contributed by atoms with Crippen molar-refractivity contribution in [2.24, 2.45) is 17.1 Å². The highest BCUT2D eigenvalue weighted by atomic mass is 32.1. The first kappa shape index (κ1) is 16.9. The third-order valence-electron chi connectivity index (χ3n) is 3.71. The first-order chi connectivity index (χ1) is 9.38. The fourth-order valence-electron chi connectivity index (χ4n) is 2.43. The van der Waals surface area contributed by atoms with Gasteiger partial charge < -0.3 is 16.4 Å². The Morgan fingerprint density at radius 3 is 2.35 bits per heavy atom. The van der Waals surface area contributed by atoms with E-state index in [1.807, 2.05) is 13.8 Å². The first-order valence-corrected chi connectivity index (χ1v) is 7.64. The Labute approximate surface area is 126 Å². The molecule has 5 nitrogen and oxygen atoms in total. The van der Waals surface area contributed by atoms with Crippen molar-refractivity contribution in [1.82, 2.24) is 10.6 Å². The average Bonchev–Trinajstić information content (AvgIpc) is 2.86. The third kappa shape index (κ3) is 4.44. The maximum absolute atomic E-state index is 12.2. The first-order valence-electron chi connectivity index (χ1n) is 7.23. The Morgan fingerprint density at radius 2 is 1.85 bits per heavy atom. The molecule has 0 aromatic carbocycles. The van der Waals surface area contributed by atoms with E-state index in [4.69, 9.17) is 18.0 Å². The summed E-state index contributed by atoms with van der Waals surface area (Å²) in [6.45, 7) is 5.05. The van der Waals surface area contributed by atoms with Crippen LogP contribution in [0.4, 0.5) is 0 Å². The number of hydrogen-bond donors (Lipinski definition) is 3. The van der Waals surface area contributed by atoms with E-state index < -0.39 is 5.41 Å². The van der Waals surface area contributed by atoms with Crippen molar-refractivity contribution in [2.75, 3.05) is 13.1 Å². The molecule has 0 aromatic heterocycles. The lowest BCUT2D eigenvalue weighted by Crippen LogP contribution is -2.47. The SMILES string of the molecule is CC(C)CNC(=O)CCNC(=O)C1(C(N)=S)CCCC1. The minimum Gasteiger partial charge on any atom is -0.392 e. The number of amides is 2. The molecule has 4 N–H and O–H groups in total. The monoisotopic (exact) mass is 299 g/mol. The standard InChI is InChI=1S/C14H25N3O2S/c1-10(2)9-17-11(18)5-8-16-13(19)14(12(15)20)6-3-4-7-14/h10H,3-9H2,1-2H3,(H2,15,20)(H,16,19)(H,17,18). The fourth-order valence-corrected chi connectivity index (χ4v) is 2.73. The van der Waals surface area contributed by atoms with Crippen LogP contribution in [0, 0.1) is 11.3 Å². The van der Waals surface area contributed by atoms with Gasteiger partial charge in [0.25, 0.3) is 0 Å². The summed E-state index contributed by atoms with van der Waals surface area (Å²) in [5.74, 6) is 0.249. The van der Waals surface area contributed by atoms with Crippen molar-refractivity contribution in [3.8, 4) is 0 Å². The van der Waals surface area contributed by atoms with Gasteiger partial charge in [0.1, 0.15) is 0 Å². The zero-order chi connectivity index (χ0) is 15.2. The molecule has 0 saturated heterocycles. The Morgan fingerprint density at radius 1 is 1.25 bits per heavy atom. The second-order valence-electron chi connectivity index (χ2n) is 5.86. The molecule has 0 bridgehead atoms. The summed E-state index contributed by atoms with van der Waals surface area (Å²) in [5.41, 5.74) is 5.05. The summed E-state index contributed by atoms with van der Waals surface area (Å²) < 4.78 is 0. The van der Waals surface area contributed by atoms with E-state index in [0.717, 1.165) is 12.8 Å². The van der Waals surface area contributed by atoms with Gasteiger partial charge in [0.05, 0.1) is 10.4 Å². The molecule has 114 valence electrons. The van der Waals surface area contributed by atoms with Gasteiger partial charge in [0.15, 0.2) is 0 Å². The molecule has 1 aliphatic rings. The maximum atomic E-state index is 12.2. The van der Waals surface area contributed by atoms with Crippen molar-refractivity contribution >= 4 is 29.0 Å². The zero-order valence-electron chi connectivity index (χ0n) is 12.3. The van der Waals surface area contributed by atoms with Gasteiger partial charge in [0.2, 0.25) is 11.8 Å². The summed E-state index contributed by atoms with van der Waals surface area (Å²) in [6, 6.07) is 0. The van der Waals surface area contributed by atoms with Gasteiger partial charge >= 0.3 is 0 Å². The lowest BCUT2D eigenvalue weighted by Gasteiger charge is -2.26. The summed E-state index contributed by atoms with van der Waals surface area (Å²) in [5, 5.41) is 5.61. The van der Waals surface area contributed by atoms with Gasteiger partial charge in [-0.05, 0) is 18.8 Å². The second kappa shape index (κ2) is 7.57. The molecule has 0 atom stereocenters. The molecule has 0 spiro atoms. The molecule has 0 aromatic rings. The van der Waals surface area contributed by atoms with E-state index in [0.29, 0.717) is 31.8 Å². The molecule has 1 fully saturated rings. The maximum Gasteiger partial charge on any atom is 0.233 e. The van der Waals surface area contributed by atoms with Crippen LogP contribution in [0.2, 0.25) is 0 Å². The Kier molecular flexibility index (Phi) is 6.39. The predicted octanol–water partition coefficient (Wildman–Crippen LogP) is 1.11. The highest BCUT2D eigenvalue weighted by molar-refractivity contribution is 7.80. The molecule has 20 heavy (non-hydrogen) atoms. The smallest absolute Gasteiger partial charge is 0.233 e. The minimum absolute atomic E-state index is 0.0465. The lowest BCUT2D eigenvalue weighted by molar-refractivity contribution is -0.127. The minimum atomic E-state index is -0.691. The van der Waals surface area contributed by atoms with E-state index in [2.05, 4.69) is 10.6 Å². The Hall–Kier alpha value is -1.17. The number of carbonyl (C=O) groups excluding carboxylic acids is 2. The van der Waals surface area contributed by atoms with Crippen LogP contribution in [0.1, 0.15) is 46.0 Å². The van der Waals surface area contributed by atoms with Crippen molar-refractivity contribution in [2.45, 2.75) is 46.0 Å². The molecule has 0 aliphatic heterocycles. The quantitative estimate of drug-likeness (QED) is 0.615. The zero-order valence-corrected chi connectivity index (χ0v) is 13.1. The molecular weight excluding hydrogens is 274 g/mol. The molecular formula is C14H25N3O2S. The Bertz CT molecular complexity index is 377. The number of nitrogens with one attached hydrogen (secondary N) is 2. The number of carbonyl (C=O) groups is 2. The molecule has 0 radical (unpaired) electrons. The normalized spacial score (nSPS) is 16.9. The Balaban J connectivity index is 2.36. The van der Waals surface area contributed by atoms with Gasteiger partial charge in [-0.3, -0.25) is 9.59 Å². The van der Waals surface area contributed by atoms with Crippen LogP contribution >= 0.6 is 12.2 Å². The lowest BCUT2D eigenvalue weighted by atomic mass is 9.85. The summed E-state index contributed by atoms with van der Waals surface area (Å²) in [6.07, 6.45) is 3.66. The molecule has 1 rings (SSSR count). The van der Waals surface area contributed by atoms with E-state index in [1.54, 1.807) is 0 Å². The van der Waals surface area contributed by atoms with Crippen LogP contribution in [0.25, 0.3) is 0 Å². The summed E-state index contributed by atoms with van der Waals surface area (Å²) in [7, 11) is 0. The highest BCUT2D eigenvalue weighted by Crippen LogP contribution is 2.38. The van der Waals surface area contributed by atoms with Gasteiger partial charge in [-0.15, -0.1) is 0 Å². The molecule has 0 unspecified atom stereocenters. The average molecular weight is 299 g/mol. The molecule has 0 heterocycles. The van der Waals surface area contributed by atoms with Crippen LogP contribution in [0.15, 0.2) is 0 Å². The van der Waals surface area contributed by atoms with Crippen LogP contribution < -0.4 is 16.4 Å². The van der Waals surface area contributed by atoms with E-state index in [-0.39, 0.29) is 23.2 Å². The van der Waals surface area contributed by atoms with Gasteiger partial charge in [-0.1, -0.05) is 38.9 Å². The highest BCUT2D eigenvalue weighted by Gasteiger charge is 2.43. The number of hydrogen-bond acceptors (Lipinski definition) is 3. The van der Waals surface area contributed by atoms with Crippen LogP contribution in [-0.2, 0) is 9.59 Å². The number of nitrogens with two attached hydrogens (primary N) is 1. The van der Waals surface area contributed by atoms with Gasteiger partial charge in [-0.25, -0.2) is 0 Å². The van der Waals surface area contributed by atoms with Gasteiger partial charge in [-0.2, -0.15) is 0 Å². The summed E-state index contributed by atoms with van der Waals surface area (Å²) in [4.78, 5) is 24.1. The van der Waals surface area contributed by atoms with E-state index in [9.17, 15) is 9.59 Å². The van der Waals surface area contributed by atoms with Crippen LogP contribution in [-0.4, -0.2) is 29.9 Å². The fraction of sp³-hybridized carbons (Fsp3) is 0.786. The van der Waals surface area contributed by atoms with Crippen LogP contribution in [0.5, 0.6) is 0 Å². The van der Waals surface area contributed by atoms with E-state index in [1.165, 1.54) is 0 Å². The largest absolute Gasteiger partial charge is 0.392 e. The topological polar surface area (TPSA) is 84.2 Å². The molecule has 1 aliphatic carbocycles. The molecule has 1 saturated carbocycles. The second-order valence-corrected chi connectivity index (χ2v) is 6.30. The van der Waals surface area contributed by atoms with Crippen molar-refractivity contribution in [1.29, 1.82) is 0 Å². The molecule has 2 amide bonds. The third-order valence-corrected chi connectivity index (χ3v) is 4.10. The number of thiocarbonyl (C=S) groups is 1. The van der Waals surface area contributed by atoms with Crippen molar-refractivity contribution < 1.29 is 9.59 Å².